The van der Waals surface area contributed by atoms with Crippen molar-refractivity contribution in [2.75, 3.05) is 13.6 Å². The van der Waals surface area contributed by atoms with E-state index >= 15 is 0 Å². The molecule has 0 amide bonds. The van der Waals surface area contributed by atoms with Gasteiger partial charge in [-0.3, -0.25) is 0 Å². The van der Waals surface area contributed by atoms with Crippen molar-refractivity contribution in [2.24, 2.45) is 0 Å². The van der Waals surface area contributed by atoms with Crippen LogP contribution in [-0.2, 0) is 6.54 Å². The first-order valence-electron chi connectivity index (χ1n) is 5.00. The van der Waals surface area contributed by atoms with E-state index in [0.29, 0.717) is 5.56 Å². The molecule has 0 spiro atoms. The van der Waals surface area contributed by atoms with Gasteiger partial charge in [-0.05, 0) is 25.2 Å². The number of halogens is 4. The Morgan fingerprint density at radius 1 is 1.35 bits per heavy atom. The number of hydrogen-bond acceptors (Lipinski definition) is 2. The molecule has 1 aromatic carbocycles. The second-order valence-electron chi connectivity index (χ2n) is 3.88. The van der Waals surface area contributed by atoms with Crippen LogP contribution in [-0.4, -0.2) is 29.8 Å². The molecule has 6 heteroatoms. The molecule has 17 heavy (non-hydrogen) atoms. The average molecular weight is 312 g/mol. The Kier molecular flexibility index (Phi) is 4.82. The number of rotatable bonds is 4. The zero-order valence-corrected chi connectivity index (χ0v) is 10.8. The third kappa shape index (κ3) is 5.41. The number of phenols is 1. The fourth-order valence-electron chi connectivity index (χ4n) is 1.37. The van der Waals surface area contributed by atoms with Gasteiger partial charge < -0.3 is 10.0 Å². The summed E-state index contributed by atoms with van der Waals surface area (Å²) in [7, 11) is 1.59. The second-order valence-corrected chi connectivity index (χ2v) is 4.79. The Morgan fingerprint density at radius 2 is 2.00 bits per heavy atom. The molecule has 0 unspecified atom stereocenters. The number of nitrogens with zero attached hydrogens (tertiary/aromatic N) is 1. The molecule has 0 atom stereocenters. The van der Waals surface area contributed by atoms with Crippen LogP contribution in [0, 0.1) is 0 Å². The van der Waals surface area contributed by atoms with Gasteiger partial charge >= 0.3 is 6.18 Å². The predicted octanol–water partition coefficient (Wildman–Crippen LogP) is 3.54. The van der Waals surface area contributed by atoms with Crippen molar-refractivity contribution in [1.82, 2.24) is 4.90 Å². The molecule has 0 heterocycles. The second kappa shape index (κ2) is 5.73. The van der Waals surface area contributed by atoms with E-state index in [9.17, 15) is 18.3 Å². The van der Waals surface area contributed by atoms with Crippen LogP contribution in [0.15, 0.2) is 22.7 Å². The summed E-state index contributed by atoms with van der Waals surface area (Å²) in [6, 6.07) is 4.88. The zero-order valence-electron chi connectivity index (χ0n) is 9.26. The largest absolute Gasteiger partial charge is 0.508 e. The van der Waals surface area contributed by atoms with Crippen molar-refractivity contribution in [3.05, 3.63) is 28.2 Å². The van der Waals surface area contributed by atoms with Gasteiger partial charge in [-0.1, -0.05) is 15.9 Å². The van der Waals surface area contributed by atoms with E-state index in [1.165, 1.54) is 11.0 Å². The predicted molar refractivity (Wildman–Crippen MR) is 62.8 cm³/mol. The van der Waals surface area contributed by atoms with Crippen LogP contribution in [0.3, 0.4) is 0 Å². The summed E-state index contributed by atoms with van der Waals surface area (Å²) in [6.07, 6.45) is -4.99. The van der Waals surface area contributed by atoms with Crippen LogP contribution in [0.2, 0.25) is 0 Å². The normalized spacial score (nSPS) is 12.1. The molecule has 0 saturated carbocycles. The Morgan fingerprint density at radius 3 is 2.59 bits per heavy atom. The highest BCUT2D eigenvalue weighted by molar-refractivity contribution is 9.10. The van der Waals surface area contributed by atoms with Gasteiger partial charge in [0.1, 0.15) is 5.75 Å². The maximum Gasteiger partial charge on any atom is 0.390 e. The highest BCUT2D eigenvalue weighted by Crippen LogP contribution is 2.24. The maximum absolute atomic E-state index is 12.0. The van der Waals surface area contributed by atoms with Crippen LogP contribution < -0.4 is 0 Å². The van der Waals surface area contributed by atoms with Gasteiger partial charge in [-0.25, -0.2) is 0 Å². The first kappa shape index (κ1) is 14.3. The molecule has 0 aromatic heterocycles. The van der Waals surface area contributed by atoms with Gasteiger partial charge in [0, 0.05) is 23.1 Å². The summed E-state index contributed by atoms with van der Waals surface area (Å²) in [4.78, 5) is 1.52. The Bertz CT molecular complexity index is 381. The molecule has 96 valence electrons. The van der Waals surface area contributed by atoms with Crippen LogP contribution in [0.5, 0.6) is 5.75 Å². The van der Waals surface area contributed by atoms with E-state index in [0.717, 1.165) is 4.47 Å². The third-order valence-corrected chi connectivity index (χ3v) is 2.75. The lowest BCUT2D eigenvalue weighted by molar-refractivity contribution is -0.137. The van der Waals surface area contributed by atoms with Gasteiger partial charge in [0.25, 0.3) is 0 Å². The minimum Gasteiger partial charge on any atom is -0.508 e. The molecule has 2 nitrogen and oxygen atoms in total. The SMILES string of the molecule is CN(CCC(F)(F)F)Cc1cc(Br)ccc1O. The van der Waals surface area contributed by atoms with Gasteiger partial charge in [-0.2, -0.15) is 13.2 Å². The number of hydrogen-bond donors (Lipinski definition) is 1. The lowest BCUT2D eigenvalue weighted by atomic mass is 10.2. The summed E-state index contributed by atoms with van der Waals surface area (Å²) < 4.78 is 36.8. The molecule has 1 aromatic rings. The number of alkyl halides is 3. The molecule has 0 aliphatic rings. The fraction of sp³-hybridized carbons (Fsp3) is 0.455. The Balaban J connectivity index is 2.56. The molecule has 1 N–H and O–H groups in total. The van der Waals surface area contributed by atoms with Gasteiger partial charge in [0.05, 0.1) is 6.42 Å². The molecule has 0 fully saturated rings. The lowest BCUT2D eigenvalue weighted by Gasteiger charge is -2.18. The number of benzene rings is 1. The van der Waals surface area contributed by atoms with E-state index < -0.39 is 12.6 Å². The number of phenolic OH excluding ortho intramolecular Hbond substituents is 1. The smallest absolute Gasteiger partial charge is 0.390 e. The Hall–Kier alpha value is -0.750. The van der Waals surface area contributed by atoms with Gasteiger partial charge in [0.2, 0.25) is 0 Å². The topological polar surface area (TPSA) is 23.5 Å². The first-order chi connectivity index (χ1) is 7.78. The van der Waals surface area contributed by atoms with E-state index in [4.69, 9.17) is 0 Å². The average Bonchev–Trinajstić information content (AvgIpc) is 2.20. The van der Waals surface area contributed by atoms with Crippen LogP contribution in [0.1, 0.15) is 12.0 Å². The quantitative estimate of drug-likeness (QED) is 0.919. The van der Waals surface area contributed by atoms with E-state index in [1.54, 1.807) is 19.2 Å². The first-order valence-corrected chi connectivity index (χ1v) is 5.80. The highest BCUT2D eigenvalue weighted by Gasteiger charge is 2.27. The van der Waals surface area contributed by atoms with Crippen LogP contribution in [0.25, 0.3) is 0 Å². The third-order valence-electron chi connectivity index (χ3n) is 2.26. The molecule has 0 saturated heterocycles. The summed E-state index contributed by atoms with van der Waals surface area (Å²) in [5.74, 6) is 0.0899. The monoisotopic (exact) mass is 311 g/mol. The summed E-state index contributed by atoms with van der Waals surface area (Å²) in [6.45, 7) is 0.191. The van der Waals surface area contributed by atoms with Crippen molar-refractivity contribution in [2.45, 2.75) is 19.1 Å². The molecular formula is C11H13BrF3NO. The van der Waals surface area contributed by atoms with Gasteiger partial charge in [-0.15, -0.1) is 0 Å². The van der Waals surface area contributed by atoms with E-state index in [1.807, 2.05) is 0 Å². The standard InChI is InChI=1S/C11H13BrF3NO/c1-16(5-4-11(13,14)15)7-8-6-9(12)2-3-10(8)17/h2-3,6,17H,4-5,7H2,1H3. The van der Waals surface area contributed by atoms with Gasteiger partial charge in [0.15, 0.2) is 0 Å². The maximum atomic E-state index is 12.0. The van der Waals surface area contributed by atoms with Crippen molar-refractivity contribution >= 4 is 15.9 Å². The molecular weight excluding hydrogens is 299 g/mol. The Labute approximate surface area is 106 Å². The fourth-order valence-corrected chi connectivity index (χ4v) is 1.78. The summed E-state index contributed by atoms with van der Waals surface area (Å²) in [5.41, 5.74) is 0.601. The zero-order chi connectivity index (χ0) is 13.1. The van der Waals surface area contributed by atoms with Crippen molar-refractivity contribution in [3.8, 4) is 5.75 Å². The summed E-state index contributed by atoms with van der Waals surface area (Å²) >= 11 is 3.25. The van der Waals surface area contributed by atoms with Crippen molar-refractivity contribution in [1.29, 1.82) is 0 Å². The van der Waals surface area contributed by atoms with Crippen LogP contribution >= 0.6 is 15.9 Å². The minimum atomic E-state index is -4.15. The van der Waals surface area contributed by atoms with E-state index in [2.05, 4.69) is 15.9 Å². The lowest BCUT2D eigenvalue weighted by Crippen LogP contribution is -2.24. The number of aromatic hydroxyl groups is 1. The van der Waals surface area contributed by atoms with Crippen LogP contribution in [0.4, 0.5) is 13.2 Å². The minimum absolute atomic E-state index is 0.0878. The van der Waals surface area contributed by atoms with Crippen molar-refractivity contribution < 1.29 is 18.3 Å². The molecule has 0 aliphatic heterocycles. The van der Waals surface area contributed by atoms with E-state index in [-0.39, 0.29) is 18.8 Å². The highest BCUT2D eigenvalue weighted by atomic mass is 79.9. The summed E-state index contributed by atoms with van der Waals surface area (Å²) in [5, 5.41) is 9.54. The molecule has 0 aliphatic carbocycles. The molecule has 1 rings (SSSR count). The molecule has 0 bridgehead atoms. The van der Waals surface area contributed by atoms with Crippen molar-refractivity contribution in [3.63, 3.8) is 0 Å². The molecule has 0 radical (unpaired) electrons.